The van der Waals surface area contributed by atoms with Crippen molar-refractivity contribution in [2.45, 2.75) is 50.2 Å². The molecular formula is C21H22ClNO2S. The van der Waals surface area contributed by atoms with Crippen LogP contribution in [0.15, 0.2) is 35.7 Å². The van der Waals surface area contributed by atoms with Gasteiger partial charge in [-0.3, -0.25) is 4.79 Å². The van der Waals surface area contributed by atoms with E-state index in [9.17, 15) is 4.79 Å². The fourth-order valence-electron chi connectivity index (χ4n) is 5.26. The Kier molecular flexibility index (Phi) is 4.02. The number of amides is 1. The summed E-state index contributed by atoms with van der Waals surface area (Å²) in [7, 11) is 0. The highest BCUT2D eigenvalue weighted by atomic mass is 35.5. The van der Waals surface area contributed by atoms with E-state index in [1.165, 1.54) is 42.5 Å². The van der Waals surface area contributed by atoms with Crippen molar-refractivity contribution in [1.82, 2.24) is 4.90 Å². The van der Waals surface area contributed by atoms with Crippen molar-refractivity contribution < 1.29 is 9.53 Å². The molecule has 0 spiro atoms. The first-order valence-electron chi connectivity index (χ1n) is 9.52. The smallest absolute Gasteiger partial charge is 0.267 e. The first kappa shape index (κ1) is 16.6. The summed E-state index contributed by atoms with van der Waals surface area (Å²) >= 11 is 7.84. The predicted octanol–water partition coefficient (Wildman–Crippen LogP) is 5.02. The van der Waals surface area contributed by atoms with E-state index in [1.807, 2.05) is 35.6 Å². The topological polar surface area (TPSA) is 29.5 Å². The minimum absolute atomic E-state index is 0.141. The van der Waals surface area contributed by atoms with Crippen LogP contribution in [0.1, 0.15) is 42.5 Å². The number of β-lactam (4-membered cyclic amide) rings is 1. The van der Waals surface area contributed by atoms with Crippen LogP contribution in [-0.4, -0.2) is 23.5 Å². The SMILES string of the molecule is O=C1[C@@H](Oc2ccc(Cl)cc2)[C@]2(C3CCCCC3)c3ccsc3CCN12. The lowest BCUT2D eigenvalue weighted by atomic mass is 9.61. The number of hydrogen-bond donors (Lipinski definition) is 0. The molecule has 2 aromatic rings. The summed E-state index contributed by atoms with van der Waals surface area (Å²) in [6.45, 7) is 0.823. The van der Waals surface area contributed by atoms with Gasteiger partial charge in [0, 0.05) is 16.4 Å². The largest absolute Gasteiger partial charge is 0.478 e. The summed E-state index contributed by atoms with van der Waals surface area (Å²) < 4.78 is 6.32. The van der Waals surface area contributed by atoms with Crippen LogP contribution < -0.4 is 4.74 Å². The summed E-state index contributed by atoms with van der Waals surface area (Å²) in [6, 6.07) is 9.61. The van der Waals surface area contributed by atoms with E-state index < -0.39 is 6.10 Å². The van der Waals surface area contributed by atoms with Crippen LogP contribution in [0, 0.1) is 5.92 Å². The Labute approximate surface area is 162 Å². The molecular weight excluding hydrogens is 366 g/mol. The standard InChI is InChI=1S/C21H22ClNO2S/c22-15-6-8-16(9-7-15)25-19-20(24)23-12-10-18-17(11-13-26-18)21(19,23)14-4-2-1-3-5-14/h6-9,11,13-14,19H,1-5,10,12H2/t19-,21+/m1/s1. The van der Waals surface area contributed by atoms with E-state index >= 15 is 0 Å². The Balaban J connectivity index is 1.57. The molecule has 1 amide bonds. The van der Waals surface area contributed by atoms with Gasteiger partial charge in [-0.1, -0.05) is 30.9 Å². The third-order valence-electron chi connectivity index (χ3n) is 6.37. The van der Waals surface area contributed by atoms with Gasteiger partial charge in [-0.15, -0.1) is 11.3 Å². The van der Waals surface area contributed by atoms with Gasteiger partial charge in [0.25, 0.3) is 5.91 Å². The molecule has 3 heterocycles. The van der Waals surface area contributed by atoms with Gasteiger partial charge in [-0.25, -0.2) is 0 Å². The number of rotatable bonds is 3. The van der Waals surface area contributed by atoms with Crippen LogP contribution in [0.3, 0.4) is 0 Å². The number of halogens is 1. The Morgan fingerprint density at radius 2 is 1.88 bits per heavy atom. The van der Waals surface area contributed by atoms with Gasteiger partial charge in [0.2, 0.25) is 6.10 Å². The highest BCUT2D eigenvalue weighted by molar-refractivity contribution is 7.10. The molecule has 5 rings (SSSR count). The van der Waals surface area contributed by atoms with E-state index in [0.29, 0.717) is 10.9 Å². The number of benzene rings is 1. The van der Waals surface area contributed by atoms with Gasteiger partial charge >= 0.3 is 0 Å². The average Bonchev–Trinajstić information content (AvgIpc) is 3.15. The number of ether oxygens (including phenoxy) is 1. The second kappa shape index (κ2) is 6.28. The molecule has 3 nitrogen and oxygen atoms in total. The normalized spacial score (nSPS) is 28.3. The van der Waals surface area contributed by atoms with Gasteiger partial charge in [0.15, 0.2) is 0 Å². The van der Waals surface area contributed by atoms with Crippen molar-refractivity contribution in [2.24, 2.45) is 5.92 Å². The average molecular weight is 388 g/mol. The summed E-state index contributed by atoms with van der Waals surface area (Å²) in [5, 5.41) is 2.86. The first-order valence-corrected chi connectivity index (χ1v) is 10.8. The van der Waals surface area contributed by atoms with Crippen molar-refractivity contribution in [3.05, 3.63) is 51.2 Å². The Bertz CT molecular complexity index is 827. The summed E-state index contributed by atoms with van der Waals surface area (Å²) in [5.41, 5.74) is 1.07. The molecule has 2 fully saturated rings. The van der Waals surface area contributed by atoms with Crippen molar-refractivity contribution >= 4 is 28.8 Å². The zero-order valence-electron chi connectivity index (χ0n) is 14.6. The zero-order chi connectivity index (χ0) is 17.7. The van der Waals surface area contributed by atoms with Crippen molar-refractivity contribution in [2.75, 3.05) is 6.54 Å². The van der Waals surface area contributed by atoms with Gasteiger partial charge in [-0.05, 0) is 66.5 Å². The molecule has 26 heavy (non-hydrogen) atoms. The summed E-state index contributed by atoms with van der Waals surface area (Å²) in [6.07, 6.45) is 6.73. The summed E-state index contributed by atoms with van der Waals surface area (Å²) in [4.78, 5) is 16.6. The maximum absolute atomic E-state index is 13.0. The molecule has 3 aliphatic rings. The van der Waals surface area contributed by atoms with Crippen LogP contribution >= 0.6 is 22.9 Å². The molecule has 1 aromatic carbocycles. The van der Waals surface area contributed by atoms with Crippen LogP contribution in [0.5, 0.6) is 5.75 Å². The van der Waals surface area contributed by atoms with Gasteiger partial charge in [-0.2, -0.15) is 0 Å². The third kappa shape index (κ3) is 2.28. The van der Waals surface area contributed by atoms with Crippen molar-refractivity contribution in [1.29, 1.82) is 0 Å². The van der Waals surface area contributed by atoms with Gasteiger partial charge < -0.3 is 9.64 Å². The van der Waals surface area contributed by atoms with Crippen LogP contribution in [0.25, 0.3) is 0 Å². The number of nitrogens with zero attached hydrogens (tertiary/aromatic N) is 1. The Morgan fingerprint density at radius 3 is 2.65 bits per heavy atom. The van der Waals surface area contributed by atoms with Crippen LogP contribution in [-0.2, 0) is 16.8 Å². The Morgan fingerprint density at radius 1 is 1.12 bits per heavy atom. The number of fused-ring (bicyclic) bond motifs is 3. The second-order valence-electron chi connectivity index (χ2n) is 7.61. The highest BCUT2D eigenvalue weighted by Crippen LogP contribution is 2.56. The minimum atomic E-state index is -0.416. The number of carbonyl (C=O) groups is 1. The molecule has 0 N–H and O–H groups in total. The molecule has 1 aromatic heterocycles. The molecule has 0 unspecified atom stereocenters. The van der Waals surface area contributed by atoms with Gasteiger partial charge in [0.05, 0.1) is 0 Å². The first-order chi connectivity index (χ1) is 12.7. The van der Waals surface area contributed by atoms with Gasteiger partial charge in [0.1, 0.15) is 11.3 Å². The predicted molar refractivity (Wildman–Crippen MR) is 104 cm³/mol. The lowest BCUT2D eigenvalue weighted by Gasteiger charge is -2.62. The van der Waals surface area contributed by atoms with Crippen molar-refractivity contribution in [3.8, 4) is 5.75 Å². The minimum Gasteiger partial charge on any atom is -0.478 e. The second-order valence-corrected chi connectivity index (χ2v) is 9.05. The highest BCUT2D eigenvalue weighted by Gasteiger charge is 2.67. The molecule has 1 saturated heterocycles. The molecule has 1 aliphatic carbocycles. The zero-order valence-corrected chi connectivity index (χ0v) is 16.2. The lowest BCUT2D eigenvalue weighted by molar-refractivity contribution is -0.198. The fourth-order valence-corrected chi connectivity index (χ4v) is 6.32. The van der Waals surface area contributed by atoms with Crippen LogP contribution in [0.2, 0.25) is 5.02 Å². The quantitative estimate of drug-likeness (QED) is 0.692. The van der Waals surface area contributed by atoms with E-state index in [2.05, 4.69) is 16.3 Å². The maximum atomic E-state index is 13.0. The fraction of sp³-hybridized carbons (Fsp3) is 0.476. The molecule has 2 atom stereocenters. The molecule has 0 bridgehead atoms. The number of hydrogen-bond acceptors (Lipinski definition) is 3. The maximum Gasteiger partial charge on any atom is 0.267 e. The molecule has 1 saturated carbocycles. The third-order valence-corrected chi connectivity index (χ3v) is 7.60. The van der Waals surface area contributed by atoms with E-state index in [-0.39, 0.29) is 11.4 Å². The van der Waals surface area contributed by atoms with Crippen LogP contribution in [0.4, 0.5) is 0 Å². The molecule has 136 valence electrons. The molecule has 0 radical (unpaired) electrons. The van der Waals surface area contributed by atoms with E-state index in [0.717, 1.165) is 18.7 Å². The number of carbonyl (C=O) groups excluding carboxylic acids is 1. The van der Waals surface area contributed by atoms with E-state index in [1.54, 1.807) is 0 Å². The summed E-state index contributed by atoms with van der Waals surface area (Å²) in [5.74, 6) is 1.35. The number of thiophene rings is 1. The Hall–Kier alpha value is -1.52. The van der Waals surface area contributed by atoms with E-state index in [4.69, 9.17) is 16.3 Å². The lowest BCUT2D eigenvalue weighted by Crippen LogP contribution is -2.78. The molecule has 2 aliphatic heterocycles. The van der Waals surface area contributed by atoms with Crippen molar-refractivity contribution in [3.63, 3.8) is 0 Å². The monoisotopic (exact) mass is 387 g/mol. The molecule has 5 heteroatoms.